The molecule has 0 bridgehead atoms. The summed E-state index contributed by atoms with van der Waals surface area (Å²) >= 11 is 3.48. The normalized spacial score (nSPS) is 17.9. The van der Waals surface area contributed by atoms with E-state index in [2.05, 4.69) is 22.0 Å². The predicted octanol–water partition coefficient (Wildman–Crippen LogP) is 3.52. The summed E-state index contributed by atoms with van der Waals surface area (Å²) in [5.74, 6) is 0.0514. The van der Waals surface area contributed by atoms with Crippen LogP contribution >= 0.6 is 15.9 Å². The average Bonchev–Trinajstić information content (AvgIpc) is 2.42. The summed E-state index contributed by atoms with van der Waals surface area (Å²) in [7, 11) is 0. The van der Waals surface area contributed by atoms with Crippen molar-refractivity contribution < 1.29 is 4.79 Å². The second kappa shape index (κ2) is 5.34. The number of halogens is 1. The molecule has 0 unspecified atom stereocenters. The molecule has 1 aromatic carbocycles. The second-order valence-corrected chi connectivity index (χ2v) is 6.19. The molecule has 1 amide bonds. The number of hydrogen-bond acceptors (Lipinski definition) is 2. The van der Waals surface area contributed by atoms with Crippen LogP contribution in [-0.2, 0) is 0 Å². The Morgan fingerprint density at radius 2 is 2.05 bits per heavy atom. The monoisotopic (exact) mass is 320 g/mol. The third kappa shape index (κ3) is 2.82. The first kappa shape index (κ1) is 14.1. The van der Waals surface area contributed by atoms with Gasteiger partial charge in [0.05, 0.1) is 17.0 Å². The van der Waals surface area contributed by atoms with E-state index < -0.39 is 0 Å². The minimum Gasteiger partial charge on any atom is -0.339 e. The van der Waals surface area contributed by atoms with E-state index in [1.54, 1.807) is 0 Å². The van der Waals surface area contributed by atoms with Gasteiger partial charge in [-0.3, -0.25) is 4.79 Å². The minimum absolute atomic E-state index is 0.0514. The van der Waals surface area contributed by atoms with Crippen molar-refractivity contribution in [1.29, 1.82) is 5.26 Å². The third-order valence-corrected chi connectivity index (χ3v) is 4.90. The van der Waals surface area contributed by atoms with Gasteiger partial charge in [-0.15, -0.1) is 0 Å². The molecule has 1 aromatic rings. The highest BCUT2D eigenvalue weighted by atomic mass is 79.9. The van der Waals surface area contributed by atoms with E-state index in [0.717, 1.165) is 22.9 Å². The Morgan fingerprint density at radius 3 is 2.63 bits per heavy atom. The fraction of sp³-hybridized carbons (Fsp3) is 0.467. The fourth-order valence-electron chi connectivity index (χ4n) is 2.30. The topological polar surface area (TPSA) is 44.1 Å². The molecule has 1 saturated heterocycles. The molecule has 0 N–H and O–H groups in total. The van der Waals surface area contributed by atoms with Crippen molar-refractivity contribution in [2.75, 3.05) is 13.1 Å². The van der Waals surface area contributed by atoms with Crippen molar-refractivity contribution in [3.05, 3.63) is 33.8 Å². The summed E-state index contributed by atoms with van der Waals surface area (Å²) in [6.07, 6.45) is 1.50. The van der Waals surface area contributed by atoms with Crippen molar-refractivity contribution in [2.24, 2.45) is 5.41 Å². The van der Waals surface area contributed by atoms with Crippen LogP contribution in [0, 0.1) is 23.7 Å². The van der Waals surface area contributed by atoms with Gasteiger partial charge in [0.15, 0.2) is 0 Å². The Bertz CT molecular complexity index is 540. The summed E-state index contributed by atoms with van der Waals surface area (Å²) in [4.78, 5) is 14.3. The fourth-order valence-corrected chi connectivity index (χ4v) is 2.73. The molecule has 0 aliphatic carbocycles. The number of carbonyl (C=O) groups is 1. The zero-order valence-corrected chi connectivity index (χ0v) is 12.8. The molecule has 1 aliphatic rings. The van der Waals surface area contributed by atoms with Crippen molar-refractivity contribution in [3.8, 4) is 6.07 Å². The van der Waals surface area contributed by atoms with Crippen LogP contribution in [0.25, 0.3) is 0 Å². The van der Waals surface area contributed by atoms with Gasteiger partial charge in [-0.25, -0.2) is 0 Å². The van der Waals surface area contributed by atoms with Crippen LogP contribution in [0.3, 0.4) is 0 Å². The van der Waals surface area contributed by atoms with E-state index in [-0.39, 0.29) is 11.3 Å². The molecule has 2 rings (SSSR count). The molecule has 100 valence electrons. The number of rotatable bonds is 1. The number of hydrogen-bond donors (Lipinski definition) is 0. The van der Waals surface area contributed by atoms with E-state index in [1.165, 1.54) is 0 Å². The molecular formula is C15H17BrN2O. The molecule has 0 saturated carbocycles. The van der Waals surface area contributed by atoms with Crippen LogP contribution in [0.15, 0.2) is 22.7 Å². The molecule has 4 heteroatoms. The standard InChI is InChI=1S/C15H17BrN2O/c1-11-4-3-5-12(13(11)16)14(19)18-8-6-15(2,10-17)7-9-18/h3-5H,6-9H2,1-2H3. The number of carbonyl (C=O) groups excluding carboxylic acids is 1. The van der Waals surface area contributed by atoms with Gasteiger partial charge in [-0.2, -0.15) is 5.26 Å². The highest BCUT2D eigenvalue weighted by Crippen LogP contribution is 2.31. The van der Waals surface area contributed by atoms with E-state index in [4.69, 9.17) is 5.26 Å². The predicted molar refractivity (Wildman–Crippen MR) is 77.7 cm³/mol. The number of aryl methyl sites for hydroxylation is 1. The van der Waals surface area contributed by atoms with Crippen LogP contribution < -0.4 is 0 Å². The van der Waals surface area contributed by atoms with Gasteiger partial charge in [0.2, 0.25) is 0 Å². The molecule has 0 radical (unpaired) electrons. The maximum atomic E-state index is 12.5. The van der Waals surface area contributed by atoms with Gasteiger partial charge in [0, 0.05) is 17.6 Å². The van der Waals surface area contributed by atoms with E-state index in [9.17, 15) is 4.79 Å². The van der Waals surface area contributed by atoms with Crippen LogP contribution in [0.4, 0.5) is 0 Å². The Kier molecular flexibility index (Phi) is 3.96. The molecule has 1 aliphatic heterocycles. The lowest BCUT2D eigenvalue weighted by atomic mass is 9.82. The Hall–Kier alpha value is -1.34. The van der Waals surface area contributed by atoms with E-state index in [1.807, 2.05) is 36.9 Å². The van der Waals surface area contributed by atoms with Gasteiger partial charge < -0.3 is 4.90 Å². The number of benzene rings is 1. The lowest BCUT2D eigenvalue weighted by Gasteiger charge is -2.35. The van der Waals surface area contributed by atoms with Crippen LogP contribution in [-0.4, -0.2) is 23.9 Å². The number of nitriles is 1. The molecule has 0 atom stereocenters. The zero-order valence-electron chi connectivity index (χ0n) is 11.2. The molecule has 1 heterocycles. The summed E-state index contributed by atoms with van der Waals surface area (Å²) in [5, 5.41) is 9.11. The van der Waals surface area contributed by atoms with Crippen molar-refractivity contribution in [3.63, 3.8) is 0 Å². The number of likely N-dealkylation sites (tertiary alicyclic amines) is 1. The Labute approximate surface area is 122 Å². The van der Waals surface area contributed by atoms with Gasteiger partial charge in [-0.05, 0) is 54.2 Å². The van der Waals surface area contributed by atoms with E-state index in [0.29, 0.717) is 18.7 Å². The summed E-state index contributed by atoms with van der Waals surface area (Å²) in [5.41, 5.74) is 1.49. The summed E-state index contributed by atoms with van der Waals surface area (Å²) < 4.78 is 0.869. The molecule has 0 aromatic heterocycles. The lowest BCUT2D eigenvalue weighted by Crippen LogP contribution is -2.41. The second-order valence-electron chi connectivity index (χ2n) is 5.40. The largest absolute Gasteiger partial charge is 0.339 e. The molecule has 3 nitrogen and oxygen atoms in total. The third-order valence-electron chi connectivity index (χ3n) is 3.85. The maximum absolute atomic E-state index is 12.5. The molecule has 0 spiro atoms. The van der Waals surface area contributed by atoms with Crippen LogP contribution in [0.2, 0.25) is 0 Å². The van der Waals surface area contributed by atoms with Gasteiger partial charge in [0.25, 0.3) is 5.91 Å². The van der Waals surface area contributed by atoms with Crippen LogP contribution in [0.1, 0.15) is 35.7 Å². The Balaban J connectivity index is 2.15. The van der Waals surface area contributed by atoms with Crippen molar-refractivity contribution >= 4 is 21.8 Å². The molecule has 19 heavy (non-hydrogen) atoms. The molecular weight excluding hydrogens is 304 g/mol. The van der Waals surface area contributed by atoms with Gasteiger partial charge >= 0.3 is 0 Å². The van der Waals surface area contributed by atoms with Gasteiger partial charge in [0.1, 0.15) is 0 Å². The van der Waals surface area contributed by atoms with Gasteiger partial charge in [-0.1, -0.05) is 12.1 Å². The first-order valence-electron chi connectivity index (χ1n) is 6.42. The van der Waals surface area contributed by atoms with E-state index >= 15 is 0 Å². The number of piperidine rings is 1. The van der Waals surface area contributed by atoms with Crippen LogP contribution in [0.5, 0.6) is 0 Å². The quantitative estimate of drug-likeness (QED) is 0.794. The van der Waals surface area contributed by atoms with Crippen molar-refractivity contribution in [2.45, 2.75) is 26.7 Å². The first-order chi connectivity index (χ1) is 8.97. The van der Waals surface area contributed by atoms with Crippen molar-refractivity contribution in [1.82, 2.24) is 4.90 Å². The highest BCUT2D eigenvalue weighted by Gasteiger charge is 2.32. The molecule has 1 fully saturated rings. The zero-order chi connectivity index (χ0) is 14.0. The summed E-state index contributed by atoms with van der Waals surface area (Å²) in [6, 6.07) is 8.07. The smallest absolute Gasteiger partial charge is 0.255 e. The highest BCUT2D eigenvalue weighted by molar-refractivity contribution is 9.10. The lowest BCUT2D eigenvalue weighted by molar-refractivity contribution is 0.0660. The average molecular weight is 321 g/mol. The number of nitrogens with zero attached hydrogens (tertiary/aromatic N) is 2. The Morgan fingerprint density at radius 1 is 1.42 bits per heavy atom. The number of amides is 1. The summed E-state index contributed by atoms with van der Waals surface area (Å²) in [6.45, 7) is 5.26. The first-order valence-corrected chi connectivity index (χ1v) is 7.22. The minimum atomic E-state index is -0.277. The maximum Gasteiger partial charge on any atom is 0.255 e. The SMILES string of the molecule is Cc1cccc(C(=O)N2CCC(C)(C#N)CC2)c1Br.